The van der Waals surface area contributed by atoms with Gasteiger partial charge in [0.25, 0.3) is 6.43 Å². The summed E-state index contributed by atoms with van der Waals surface area (Å²) in [6.07, 6.45) is 1.25. The first-order valence-electron chi connectivity index (χ1n) is 3.34. The molecule has 0 atom stereocenters. The monoisotopic (exact) mass is 183 g/mol. The molecule has 0 rings (SSSR count). The van der Waals surface area contributed by atoms with Gasteiger partial charge in [-0.15, -0.1) is 11.6 Å². The van der Waals surface area contributed by atoms with Gasteiger partial charge >= 0.3 is 0 Å². The van der Waals surface area contributed by atoms with Gasteiger partial charge in [0.1, 0.15) is 0 Å². The lowest BCUT2D eigenvalue weighted by atomic mass is 10.4. The quantitative estimate of drug-likeness (QED) is 0.466. The van der Waals surface area contributed by atoms with E-state index < -0.39 is 6.43 Å². The normalized spacial score (nSPS) is 12.2. The molecule has 0 aromatic heterocycles. The molecule has 0 radical (unpaired) electrons. The van der Waals surface area contributed by atoms with Crippen LogP contribution in [0.3, 0.4) is 0 Å². The van der Waals surface area contributed by atoms with Gasteiger partial charge in [-0.3, -0.25) is 4.90 Å². The molecule has 11 heavy (non-hydrogen) atoms. The van der Waals surface area contributed by atoms with Crippen molar-refractivity contribution in [2.75, 3.05) is 26.0 Å². The minimum absolute atomic E-state index is 0.188. The molecule has 0 unspecified atom stereocenters. The second kappa shape index (κ2) is 6.55. The first-order chi connectivity index (χ1) is 5.16. The molecule has 0 bridgehead atoms. The van der Waals surface area contributed by atoms with E-state index in [-0.39, 0.29) is 6.54 Å². The highest BCUT2D eigenvalue weighted by Gasteiger charge is 2.04. The predicted molar refractivity (Wildman–Crippen MR) is 43.4 cm³/mol. The van der Waals surface area contributed by atoms with Gasteiger partial charge in [0.15, 0.2) is 0 Å². The van der Waals surface area contributed by atoms with Gasteiger partial charge < -0.3 is 0 Å². The van der Waals surface area contributed by atoms with Crippen molar-refractivity contribution in [2.24, 2.45) is 0 Å². The van der Waals surface area contributed by atoms with Crippen LogP contribution in [0.25, 0.3) is 0 Å². The highest BCUT2D eigenvalue weighted by atomic mass is 35.5. The van der Waals surface area contributed by atoms with E-state index >= 15 is 0 Å². The molecule has 0 aliphatic carbocycles. The van der Waals surface area contributed by atoms with Crippen LogP contribution in [0.2, 0.25) is 0 Å². The van der Waals surface area contributed by atoms with Crippen LogP contribution in [0, 0.1) is 0 Å². The molecule has 0 heterocycles. The lowest BCUT2D eigenvalue weighted by molar-refractivity contribution is 0.105. The summed E-state index contributed by atoms with van der Waals surface area (Å²) in [4.78, 5) is 1.54. The van der Waals surface area contributed by atoms with Crippen molar-refractivity contribution in [1.82, 2.24) is 4.90 Å². The van der Waals surface area contributed by atoms with E-state index in [9.17, 15) is 8.78 Å². The summed E-state index contributed by atoms with van der Waals surface area (Å²) in [5.41, 5.74) is 0. The average Bonchev–Trinajstić information content (AvgIpc) is 1.86. The Morgan fingerprint density at radius 3 is 2.55 bits per heavy atom. The Morgan fingerprint density at radius 2 is 2.09 bits per heavy atom. The Bertz CT molecular complexity index is 117. The molecule has 0 aliphatic rings. The molecule has 1 nitrogen and oxygen atoms in total. The number of allylic oxidation sites excluding steroid dienone is 1. The van der Waals surface area contributed by atoms with Crippen molar-refractivity contribution in [3.63, 3.8) is 0 Å². The third-order valence-electron chi connectivity index (χ3n) is 1.12. The highest BCUT2D eigenvalue weighted by molar-refractivity contribution is 6.18. The molecule has 0 aromatic rings. The number of halogens is 3. The van der Waals surface area contributed by atoms with Gasteiger partial charge in [-0.05, 0) is 7.05 Å². The average molecular weight is 184 g/mol. The Morgan fingerprint density at radius 1 is 1.45 bits per heavy atom. The molecule has 0 aliphatic heterocycles. The van der Waals surface area contributed by atoms with Crippen molar-refractivity contribution in [1.29, 1.82) is 0 Å². The van der Waals surface area contributed by atoms with Gasteiger partial charge in [-0.1, -0.05) is 12.2 Å². The maximum atomic E-state index is 11.7. The zero-order valence-corrected chi connectivity index (χ0v) is 7.19. The van der Waals surface area contributed by atoms with E-state index in [1.807, 2.05) is 0 Å². The van der Waals surface area contributed by atoms with Crippen LogP contribution >= 0.6 is 11.6 Å². The molecule has 0 spiro atoms. The Kier molecular flexibility index (Phi) is 6.46. The SMILES string of the molecule is CN(C/C=C/CCl)CC(F)F. The van der Waals surface area contributed by atoms with E-state index in [1.165, 1.54) is 4.90 Å². The summed E-state index contributed by atoms with van der Waals surface area (Å²) in [7, 11) is 1.64. The summed E-state index contributed by atoms with van der Waals surface area (Å²) in [6, 6.07) is 0. The Hall–Kier alpha value is -0.150. The molecule has 0 N–H and O–H groups in total. The second-order valence-electron chi connectivity index (χ2n) is 2.24. The maximum Gasteiger partial charge on any atom is 0.251 e. The zero-order chi connectivity index (χ0) is 8.69. The van der Waals surface area contributed by atoms with E-state index in [0.29, 0.717) is 12.4 Å². The lowest BCUT2D eigenvalue weighted by Crippen LogP contribution is -2.24. The number of hydrogen-bond donors (Lipinski definition) is 0. The van der Waals surface area contributed by atoms with E-state index in [2.05, 4.69) is 0 Å². The van der Waals surface area contributed by atoms with Crippen LogP contribution in [0.5, 0.6) is 0 Å². The van der Waals surface area contributed by atoms with Crippen molar-refractivity contribution in [3.05, 3.63) is 12.2 Å². The largest absolute Gasteiger partial charge is 0.297 e. The van der Waals surface area contributed by atoms with E-state index in [1.54, 1.807) is 19.2 Å². The molecule has 0 aromatic carbocycles. The molecule has 66 valence electrons. The number of nitrogens with zero attached hydrogens (tertiary/aromatic N) is 1. The molecular weight excluding hydrogens is 172 g/mol. The third kappa shape index (κ3) is 7.75. The van der Waals surface area contributed by atoms with Crippen molar-refractivity contribution in [3.8, 4) is 0 Å². The summed E-state index contributed by atoms with van der Waals surface area (Å²) in [6.45, 7) is 0.337. The molecule has 0 amide bonds. The van der Waals surface area contributed by atoms with Crippen molar-refractivity contribution < 1.29 is 8.78 Å². The summed E-state index contributed by atoms with van der Waals surface area (Å²) < 4.78 is 23.4. The van der Waals surface area contributed by atoms with E-state index in [0.717, 1.165) is 0 Å². The number of likely N-dealkylation sites (N-methyl/N-ethyl adjacent to an activating group) is 1. The highest BCUT2D eigenvalue weighted by Crippen LogP contribution is 1.95. The summed E-state index contributed by atoms with van der Waals surface area (Å²) >= 11 is 5.34. The van der Waals surface area contributed by atoms with Gasteiger partial charge in [0.05, 0.1) is 6.54 Å². The lowest BCUT2D eigenvalue weighted by Gasteiger charge is -2.12. The predicted octanol–water partition coefficient (Wildman–Crippen LogP) is 1.98. The van der Waals surface area contributed by atoms with E-state index in [4.69, 9.17) is 11.6 Å². The van der Waals surface area contributed by atoms with Crippen LogP contribution < -0.4 is 0 Å². The van der Waals surface area contributed by atoms with Gasteiger partial charge in [0, 0.05) is 12.4 Å². The number of hydrogen-bond acceptors (Lipinski definition) is 1. The minimum Gasteiger partial charge on any atom is -0.297 e. The fourth-order valence-electron chi connectivity index (χ4n) is 0.628. The summed E-state index contributed by atoms with van der Waals surface area (Å²) in [5.74, 6) is 0.433. The fourth-order valence-corrected chi connectivity index (χ4v) is 0.754. The van der Waals surface area contributed by atoms with Gasteiger partial charge in [-0.2, -0.15) is 0 Å². The van der Waals surface area contributed by atoms with Crippen molar-refractivity contribution in [2.45, 2.75) is 6.43 Å². The standard InChI is InChI=1S/C7H12ClF2N/c1-11(6-7(9)10)5-3-2-4-8/h2-3,7H,4-6H2,1H3/b3-2+. The van der Waals surface area contributed by atoms with Gasteiger partial charge in [-0.25, -0.2) is 8.78 Å². The third-order valence-corrected chi connectivity index (χ3v) is 1.30. The second-order valence-corrected chi connectivity index (χ2v) is 2.55. The van der Waals surface area contributed by atoms with Crippen LogP contribution in [0.1, 0.15) is 0 Å². The first-order valence-corrected chi connectivity index (χ1v) is 3.88. The maximum absolute atomic E-state index is 11.7. The van der Waals surface area contributed by atoms with Crippen molar-refractivity contribution >= 4 is 11.6 Å². The number of alkyl halides is 3. The van der Waals surface area contributed by atoms with Crippen LogP contribution in [-0.4, -0.2) is 37.3 Å². The minimum atomic E-state index is -2.26. The molecule has 0 saturated carbocycles. The first kappa shape index (κ1) is 10.8. The van der Waals surface area contributed by atoms with Gasteiger partial charge in [0.2, 0.25) is 0 Å². The molecule has 4 heteroatoms. The molecular formula is C7H12ClF2N. The molecule has 0 fully saturated rings. The fraction of sp³-hybridized carbons (Fsp3) is 0.714. The van der Waals surface area contributed by atoms with Crippen LogP contribution in [0.15, 0.2) is 12.2 Å². The smallest absolute Gasteiger partial charge is 0.251 e. The topological polar surface area (TPSA) is 3.24 Å². The molecule has 0 saturated heterocycles. The van der Waals surface area contributed by atoms with Crippen LogP contribution in [-0.2, 0) is 0 Å². The summed E-state index contributed by atoms with van der Waals surface area (Å²) in [5, 5.41) is 0. The zero-order valence-electron chi connectivity index (χ0n) is 6.43. The Balaban J connectivity index is 3.36. The van der Waals surface area contributed by atoms with Crippen LogP contribution in [0.4, 0.5) is 8.78 Å². The number of rotatable bonds is 5. The Labute approximate surface area is 70.6 Å².